The number of allylic oxidation sites excluding steroid dienone is 1. The third kappa shape index (κ3) is 9.00. The second kappa shape index (κ2) is 13.3. The quantitative estimate of drug-likeness (QED) is 0.184. The van der Waals surface area contributed by atoms with Crippen LogP contribution in [0.15, 0.2) is 54.1 Å². The highest BCUT2D eigenvalue weighted by Crippen LogP contribution is 2.53. The number of methoxy groups -OCH3 is 2. The lowest BCUT2D eigenvalue weighted by atomic mass is 9.95. The van der Waals surface area contributed by atoms with Crippen LogP contribution in [-0.2, 0) is 30.4 Å². The first-order chi connectivity index (χ1) is 20.3. The first-order valence-corrected chi connectivity index (χ1v) is 17.9. The number of benzene rings is 3. The Morgan fingerprint density at radius 3 is 1.73 bits per heavy atom. The van der Waals surface area contributed by atoms with Crippen LogP contribution in [0.3, 0.4) is 0 Å². The Kier molecular flexibility index (Phi) is 10.4. The molecule has 0 fully saturated rings. The minimum absolute atomic E-state index is 0.0226. The van der Waals surface area contributed by atoms with E-state index in [0.29, 0.717) is 0 Å². The van der Waals surface area contributed by atoms with E-state index in [-0.39, 0.29) is 51.9 Å². The molecule has 0 spiro atoms. The Morgan fingerprint density at radius 2 is 1.23 bits per heavy atom. The Hall–Kier alpha value is -4.02. The van der Waals surface area contributed by atoms with Crippen molar-refractivity contribution < 1.29 is 56.4 Å². The van der Waals surface area contributed by atoms with Crippen LogP contribution >= 0.6 is 0 Å². The molecule has 0 saturated carbocycles. The second-order valence-corrected chi connectivity index (χ2v) is 14.3. The van der Waals surface area contributed by atoms with E-state index in [1.165, 1.54) is 42.5 Å². The number of rotatable bonds is 13. The van der Waals surface area contributed by atoms with Crippen LogP contribution < -0.4 is 26.8 Å². The predicted octanol–water partition coefficient (Wildman–Crippen LogP) is 4.54. The maximum atomic E-state index is 16.3. The molecule has 0 aliphatic heterocycles. The zero-order valence-corrected chi connectivity index (χ0v) is 27.3. The van der Waals surface area contributed by atoms with Crippen LogP contribution in [0.1, 0.15) is 13.8 Å². The van der Waals surface area contributed by atoms with Crippen molar-refractivity contribution in [2.24, 2.45) is 0 Å². The van der Waals surface area contributed by atoms with Crippen LogP contribution in [0.4, 0.5) is 4.39 Å². The first-order valence-electron chi connectivity index (χ1n) is 12.5. The van der Waals surface area contributed by atoms with E-state index in [1.807, 2.05) is 13.8 Å². The summed E-state index contributed by atoms with van der Waals surface area (Å²) in [6.07, 6.45) is 4.19. The zero-order valence-electron chi connectivity index (χ0n) is 24.8. The van der Waals surface area contributed by atoms with Crippen molar-refractivity contribution in [3.05, 3.63) is 59.9 Å². The molecule has 0 bridgehead atoms. The summed E-state index contributed by atoms with van der Waals surface area (Å²) in [6, 6.07) is 9.11. The van der Waals surface area contributed by atoms with Gasteiger partial charge in [-0.15, -0.1) is 0 Å². The highest BCUT2D eigenvalue weighted by Gasteiger charge is 2.32. The van der Waals surface area contributed by atoms with Crippen molar-refractivity contribution in [2.45, 2.75) is 13.8 Å². The molecule has 0 N–H and O–H groups in total. The fraction of sp³-hybridized carbons (Fsp3) is 0.286. The van der Waals surface area contributed by atoms with Crippen LogP contribution in [0, 0.1) is 5.82 Å². The van der Waals surface area contributed by atoms with Crippen molar-refractivity contribution in [1.82, 2.24) is 0 Å². The summed E-state index contributed by atoms with van der Waals surface area (Å²) >= 11 is 0. The highest BCUT2D eigenvalue weighted by molar-refractivity contribution is 7.86. The lowest BCUT2D eigenvalue weighted by Gasteiger charge is -2.22. The summed E-state index contributed by atoms with van der Waals surface area (Å²) in [6.45, 7) is 3.78. The molecule has 0 saturated heterocycles. The Morgan fingerprint density at radius 1 is 0.682 bits per heavy atom. The fourth-order valence-electron chi connectivity index (χ4n) is 3.95. The molecule has 0 unspecified atom stereocenters. The summed E-state index contributed by atoms with van der Waals surface area (Å²) in [4.78, 5) is 0. The lowest BCUT2D eigenvalue weighted by Crippen LogP contribution is -2.11. The molecule has 0 aliphatic carbocycles. The van der Waals surface area contributed by atoms with Gasteiger partial charge in [-0.2, -0.15) is 25.3 Å². The fourth-order valence-corrected chi connectivity index (χ4v) is 5.33. The van der Waals surface area contributed by atoms with Gasteiger partial charge < -0.3 is 26.8 Å². The average molecular weight is 675 g/mol. The molecule has 3 aromatic rings. The lowest BCUT2D eigenvalue weighted by molar-refractivity contribution is 0.347. The molecule has 0 radical (unpaired) electrons. The monoisotopic (exact) mass is 674 g/mol. The molecule has 0 atom stereocenters. The normalized spacial score (nSPS) is 11.8. The van der Waals surface area contributed by atoms with E-state index in [4.69, 9.17) is 26.8 Å². The molecule has 0 aliphatic rings. The maximum Gasteiger partial charge on any atom is 0.306 e. The maximum absolute atomic E-state index is 16.3. The summed E-state index contributed by atoms with van der Waals surface area (Å²) in [5, 5.41) is 0. The molecule has 240 valence electrons. The summed E-state index contributed by atoms with van der Waals surface area (Å²) in [5.41, 5.74) is 0.552. The van der Waals surface area contributed by atoms with Crippen LogP contribution in [0.5, 0.6) is 34.5 Å². The van der Waals surface area contributed by atoms with Gasteiger partial charge in [0, 0.05) is 0 Å². The van der Waals surface area contributed by atoms with Crippen molar-refractivity contribution >= 4 is 30.4 Å². The van der Waals surface area contributed by atoms with Gasteiger partial charge in [0.15, 0.2) is 34.6 Å². The number of hydrogen-bond donors (Lipinski definition) is 0. The molecule has 44 heavy (non-hydrogen) atoms. The van der Waals surface area contributed by atoms with E-state index in [2.05, 4.69) is 0 Å². The Bertz CT molecular complexity index is 1900. The largest absolute Gasteiger partial charge is 0.493 e. The van der Waals surface area contributed by atoms with Crippen molar-refractivity contribution in [3.63, 3.8) is 0 Å². The standard InChI is InChI=1S/C28H31FO12S3/c1-17(2)14-15-38-21-13-10-19(16-22(21)40-43(6,32)33)24-26(36-3)25(29)23(27(37-4)28(24)41-44(7,34)35)18-8-11-20(12-9-18)39-42(5,30)31/h8-14,16H,15H2,1-7H3. The second-order valence-electron chi connectivity index (χ2n) is 9.60. The zero-order chi connectivity index (χ0) is 33.0. The molecular formula is C28H31FO12S3. The first kappa shape index (κ1) is 34.5. The number of hydrogen-bond acceptors (Lipinski definition) is 12. The van der Waals surface area contributed by atoms with Crippen LogP contribution in [-0.4, -0.2) is 64.8 Å². The molecular weight excluding hydrogens is 643 g/mol. The minimum atomic E-state index is -4.27. The van der Waals surface area contributed by atoms with Gasteiger partial charge >= 0.3 is 30.4 Å². The SMILES string of the molecule is COc1c(OS(C)(=O)=O)c(-c2ccc(OCC=C(C)C)c(OS(C)(=O)=O)c2)c(OC)c(F)c1-c1ccc(OS(C)(=O)=O)cc1. The van der Waals surface area contributed by atoms with Crippen molar-refractivity contribution in [2.75, 3.05) is 39.6 Å². The third-order valence-electron chi connectivity index (χ3n) is 5.54. The smallest absolute Gasteiger partial charge is 0.306 e. The number of halogens is 1. The van der Waals surface area contributed by atoms with Crippen molar-refractivity contribution in [3.8, 4) is 56.8 Å². The summed E-state index contributed by atoms with van der Waals surface area (Å²) in [7, 11) is -9.90. The molecule has 0 heterocycles. The van der Waals surface area contributed by atoms with E-state index in [9.17, 15) is 25.3 Å². The summed E-state index contributed by atoms with van der Waals surface area (Å²) < 4.78 is 120. The van der Waals surface area contributed by atoms with Crippen molar-refractivity contribution in [1.29, 1.82) is 0 Å². The van der Waals surface area contributed by atoms with Gasteiger partial charge in [-0.05, 0) is 55.3 Å². The van der Waals surface area contributed by atoms with E-state index < -0.39 is 47.7 Å². The van der Waals surface area contributed by atoms with Crippen LogP contribution in [0.25, 0.3) is 22.3 Å². The number of ether oxygens (including phenoxy) is 3. The van der Waals surface area contributed by atoms with Gasteiger partial charge in [0.05, 0.1) is 44.1 Å². The summed E-state index contributed by atoms with van der Waals surface area (Å²) in [5.74, 6) is -2.65. The van der Waals surface area contributed by atoms with Gasteiger partial charge in [-0.25, -0.2) is 4.39 Å². The predicted molar refractivity (Wildman–Crippen MR) is 162 cm³/mol. The van der Waals surface area contributed by atoms with E-state index >= 15 is 4.39 Å². The van der Waals surface area contributed by atoms with Crippen LogP contribution in [0.2, 0.25) is 0 Å². The van der Waals surface area contributed by atoms with Gasteiger partial charge in [0.25, 0.3) is 0 Å². The van der Waals surface area contributed by atoms with Gasteiger partial charge in [-0.1, -0.05) is 23.8 Å². The van der Waals surface area contributed by atoms with Gasteiger partial charge in [0.2, 0.25) is 0 Å². The molecule has 16 heteroatoms. The third-order valence-corrected chi connectivity index (χ3v) is 6.99. The molecule has 0 aromatic heterocycles. The molecule has 3 rings (SSSR count). The van der Waals surface area contributed by atoms with Gasteiger partial charge in [0.1, 0.15) is 12.4 Å². The minimum Gasteiger partial charge on any atom is -0.493 e. The molecule has 12 nitrogen and oxygen atoms in total. The molecule has 0 amide bonds. The van der Waals surface area contributed by atoms with Gasteiger partial charge in [-0.3, -0.25) is 0 Å². The van der Waals surface area contributed by atoms with E-state index in [1.54, 1.807) is 6.08 Å². The average Bonchev–Trinajstić information content (AvgIpc) is 2.87. The molecule has 3 aromatic carbocycles. The Balaban J connectivity index is 2.37. The highest BCUT2D eigenvalue weighted by atomic mass is 32.2. The Labute approximate surface area is 256 Å². The van der Waals surface area contributed by atoms with E-state index in [0.717, 1.165) is 38.6 Å². The topological polar surface area (TPSA) is 158 Å².